The number of hydrogen-bond donors (Lipinski definition) is 2. The zero-order chi connectivity index (χ0) is 11.1. The third-order valence-corrected chi connectivity index (χ3v) is 2.46. The van der Waals surface area contributed by atoms with Crippen molar-refractivity contribution in [3.05, 3.63) is 35.5 Å². The fraction of sp³-hybridized carbons (Fsp3) is 0.385. The SMILES string of the molecule is Cc1ccc2[nH]c(CC(C)(C)O)cc2c1. The van der Waals surface area contributed by atoms with Crippen molar-refractivity contribution in [2.24, 2.45) is 0 Å². The summed E-state index contributed by atoms with van der Waals surface area (Å²) in [6, 6.07) is 8.44. The third-order valence-electron chi connectivity index (χ3n) is 2.46. The average Bonchev–Trinajstić information content (AvgIpc) is 2.42. The first-order valence-corrected chi connectivity index (χ1v) is 5.25. The highest BCUT2D eigenvalue weighted by molar-refractivity contribution is 5.81. The van der Waals surface area contributed by atoms with Gasteiger partial charge < -0.3 is 10.1 Å². The van der Waals surface area contributed by atoms with Gasteiger partial charge in [-0.3, -0.25) is 0 Å². The molecular weight excluding hydrogens is 186 g/mol. The van der Waals surface area contributed by atoms with Crippen LogP contribution in [-0.2, 0) is 6.42 Å². The Morgan fingerprint density at radius 3 is 2.67 bits per heavy atom. The van der Waals surface area contributed by atoms with E-state index < -0.39 is 5.60 Å². The molecule has 80 valence electrons. The Bertz CT molecular complexity index is 477. The van der Waals surface area contributed by atoms with E-state index in [9.17, 15) is 5.11 Å². The van der Waals surface area contributed by atoms with Gasteiger partial charge in [-0.2, -0.15) is 0 Å². The molecule has 0 spiro atoms. The van der Waals surface area contributed by atoms with E-state index in [2.05, 4.69) is 36.2 Å². The lowest BCUT2D eigenvalue weighted by atomic mass is 10.0. The van der Waals surface area contributed by atoms with Crippen LogP contribution in [0.5, 0.6) is 0 Å². The monoisotopic (exact) mass is 203 g/mol. The lowest BCUT2D eigenvalue weighted by molar-refractivity contribution is 0.0801. The first-order valence-electron chi connectivity index (χ1n) is 5.25. The van der Waals surface area contributed by atoms with E-state index in [1.54, 1.807) is 0 Å². The molecule has 2 nitrogen and oxygen atoms in total. The summed E-state index contributed by atoms with van der Waals surface area (Å²) in [5.74, 6) is 0. The van der Waals surface area contributed by atoms with Crippen molar-refractivity contribution in [1.82, 2.24) is 4.98 Å². The van der Waals surface area contributed by atoms with Crippen LogP contribution in [0.3, 0.4) is 0 Å². The Hall–Kier alpha value is -1.28. The Kier molecular flexibility index (Phi) is 2.31. The van der Waals surface area contributed by atoms with E-state index in [1.165, 1.54) is 10.9 Å². The van der Waals surface area contributed by atoms with Crippen LogP contribution in [0.15, 0.2) is 24.3 Å². The summed E-state index contributed by atoms with van der Waals surface area (Å²) in [4.78, 5) is 3.32. The zero-order valence-electron chi connectivity index (χ0n) is 9.46. The van der Waals surface area contributed by atoms with Crippen LogP contribution in [0.1, 0.15) is 25.1 Å². The predicted octanol–water partition coefficient (Wildman–Crippen LogP) is 2.79. The quantitative estimate of drug-likeness (QED) is 0.773. The number of fused-ring (bicyclic) bond motifs is 1. The normalized spacial score (nSPS) is 12.3. The molecule has 0 amide bonds. The third kappa shape index (κ3) is 2.39. The van der Waals surface area contributed by atoms with E-state index in [0.29, 0.717) is 6.42 Å². The maximum atomic E-state index is 9.73. The van der Waals surface area contributed by atoms with Gasteiger partial charge in [-0.05, 0) is 44.4 Å². The van der Waals surface area contributed by atoms with Crippen LogP contribution in [0.2, 0.25) is 0 Å². The lowest BCUT2D eigenvalue weighted by Crippen LogP contribution is -2.21. The van der Waals surface area contributed by atoms with Crippen LogP contribution >= 0.6 is 0 Å². The molecule has 1 aromatic carbocycles. The summed E-state index contributed by atoms with van der Waals surface area (Å²) < 4.78 is 0. The Morgan fingerprint density at radius 2 is 2.00 bits per heavy atom. The van der Waals surface area contributed by atoms with Gasteiger partial charge in [0, 0.05) is 17.6 Å². The summed E-state index contributed by atoms with van der Waals surface area (Å²) in [5.41, 5.74) is 2.83. The van der Waals surface area contributed by atoms with Crippen LogP contribution in [0, 0.1) is 6.92 Å². The molecule has 0 aliphatic rings. The maximum absolute atomic E-state index is 9.73. The van der Waals surface area contributed by atoms with Gasteiger partial charge in [0.25, 0.3) is 0 Å². The number of rotatable bonds is 2. The molecule has 0 aliphatic carbocycles. The van der Waals surface area contributed by atoms with E-state index in [-0.39, 0.29) is 0 Å². The molecule has 15 heavy (non-hydrogen) atoms. The number of aromatic nitrogens is 1. The molecule has 0 atom stereocenters. The summed E-state index contributed by atoms with van der Waals surface area (Å²) in [7, 11) is 0. The molecule has 2 N–H and O–H groups in total. The minimum Gasteiger partial charge on any atom is -0.390 e. The first-order chi connectivity index (χ1) is 6.94. The Balaban J connectivity index is 2.39. The molecule has 1 heterocycles. The highest BCUT2D eigenvalue weighted by Crippen LogP contribution is 2.19. The molecular formula is C13H17NO. The van der Waals surface area contributed by atoms with Crippen LogP contribution < -0.4 is 0 Å². The second kappa shape index (κ2) is 3.38. The number of nitrogens with one attached hydrogen (secondary N) is 1. The summed E-state index contributed by atoms with van der Waals surface area (Å²) in [5, 5.41) is 10.9. The second-order valence-corrected chi connectivity index (χ2v) is 4.87. The Morgan fingerprint density at radius 1 is 1.27 bits per heavy atom. The minimum absolute atomic E-state index is 0.653. The fourth-order valence-electron chi connectivity index (χ4n) is 1.87. The largest absolute Gasteiger partial charge is 0.390 e. The molecule has 0 bridgehead atoms. The van der Waals surface area contributed by atoms with Gasteiger partial charge in [0.1, 0.15) is 0 Å². The van der Waals surface area contributed by atoms with Crippen LogP contribution in [0.25, 0.3) is 10.9 Å². The predicted molar refractivity (Wildman–Crippen MR) is 63.0 cm³/mol. The van der Waals surface area contributed by atoms with Crippen LogP contribution in [-0.4, -0.2) is 15.7 Å². The van der Waals surface area contributed by atoms with Crippen LogP contribution in [0.4, 0.5) is 0 Å². The smallest absolute Gasteiger partial charge is 0.0646 e. The molecule has 1 aromatic heterocycles. The van der Waals surface area contributed by atoms with Gasteiger partial charge in [-0.25, -0.2) is 0 Å². The second-order valence-electron chi connectivity index (χ2n) is 4.87. The number of benzene rings is 1. The van der Waals surface area contributed by atoms with Crippen molar-refractivity contribution < 1.29 is 5.11 Å². The van der Waals surface area contributed by atoms with Crippen molar-refractivity contribution in [2.75, 3.05) is 0 Å². The summed E-state index contributed by atoms with van der Waals surface area (Å²) in [6.45, 7) is 5.73. The van der Waals surface area contributed by atoms with Crippen molar-refractivity contribution in [2.45, 2.75) is 32.8 Å². The molecule has 0 fully saturated rings. The maximum Gasteiger partial charge on any atom is 0.0646 e. The highest BCUT2D eigenvalue weighted by atomic mass is 16.3. The number of aryl methyl sites for hydroxylation is 1. The van der Waals surface area contributed by atoms with Gasteiger partial charge in [0.15, 0.2) is 0 Å². The number of hydrogen-bond acceptors (Lipinski definition) is 1. The molecule has 0 aliphatic heterocycles. The average molecular weight is 203 g/mol. The molecule has 0 radical (unpaired) electrons. The topological polar surface area (TPSA) is 36.0 Å². The van der Waals surface area contributed by atoms with Gasteiger partial charge in [-0.1, -0.05) is 11.6 Å². The van der Waals surface area contributed by atoms with E-state index >= 15 is 0 Å². The van der Waals surface area contributed by atoms with Gasteiger partial charge >= 0.3 is 0 Å². The standard InChI is InChI=1S/C13H17NO/c1-9-4-5-12-10(6-9)7-11(14-12)8-13(2,3)15/h4-7,14-15H,8H2,1-3H3. The first kappa shape index (κ1) is 10.2. The lowest BCUT2D eigenvalue weighted by Gasteiger charge is -2.15. The van der Waals surface area contributed by atoms with Crippen molar-refractivity contribution in [3.8, 4) is 0 Å². The number of H-pyrrole nitrogens is 1. The number of aliphatic hydroxyl groups is 1. The zero-order valence-corrected chi connectivity index (χ0v) is 9.46. The molecule has 2 heteroatoms. The number of aromatic amines is 1. The van der Waals surface area contributed by atoms with Crippen molar-refractivity contribution in [3.63, 3.8) is 0 Å². The summed E-state index contributed by atoms with van der Waals surface area (Å²) >= 11 is 0. The molecule has 2 rings (SSSR count). The summed E-state index contributed by atoms with van der Waals surface area (Å²) in [6.07, 6.45) is 0.653. The molecule has 0 unspecified atom stereocenters. The van der Waals surface area contributed by atoms with Crippen molar-refractivity contribution >= 4 is 10.9 Å². The van der Waals surface area contributed by atoms with E-state index in [4.69, 9.17) is 0 Å². The Labute approximate surface area is 89.9 Å². The molecule has 2 aromatic rings. The van der Waals surface area contributed by atoms with Crippen molar-refractivity contribution in [1.29, 1.82) is 0 Å². The minimum atomic E-state index is -0.657. The van der Waals surface area contributed by atoms with Gasteiger partial charge in [-0.15, -0.1) is 0 Å². The molecule has 0 saturated heterocycles. The van der Waals surface area contributed by atoms with Gasteiger partial charge in [0.05, 0.1) is 5.60 Å². The highest BCUT2D eigenvalue weighted by Gasteiger charge is 2.14. The van der Waals surface area contributed by atoms with E-state index in [0.717, 1.165) is 11.2 Å². The fourth-order valence-corrected chi connectivity index (χ4v) is 1.87. The molecule has 0 saturated carbocycles. The van der Waals surface area contributed by atoms with E-state index in [1.807, 2.05) is 13.8 Å². The van der Waals surface area contributed by atoms with Gasteiger partial charge in [0.2, 0.25) is 0 Å².